The third-order valence-corrected chi connectivity index (χ3v) is 3.15. The molecule has 3 nitrogen and oxygen atoms in total. The van der Waals surface area contributed by atoms with Crippen LogP contribution in [0.1, 0.15) is 5.56 Å². The lowest BCUT2D eigenvalue weighted by atomic mass is 10.2. The molecule has 2 aromatic heterocycles. The van der Waals surface area contributed by atoms with Crippen LogP contribution in [0.25, 0.3) is 11.0 Å². The summed E-state index contributed by atoms with van der Waals surface area (Å²) in [6.07, 6.45) is 3.38. The van der Waals surface area contributed by atoms with Crippen LogP contribution in [0.2, 0.25) is 5.02 Å². The molecule has 90 valence electrons. The van der Waals surface area contributed by atoms with Gasteiger partial charge in [0.2, 0.25) is 0 Å². The van der Waals surface area contributed by atoms with Crippen LogP contribution >= 0.6 is 11.6 Å². The zero-order valence-electron chi connectivity index (χ0n) is 9.56. The normalized spacial score (nSPS) is 10.7. The fraction of sp³-hybridized carbons (Fsp3) is 0.0714. The van der Waals surface area contributed by atoms with Crippen molar-refractivity contribution in [2.75, 3.05) is 5.32 Å². The molecule has 0 amide bonds. The first-order chi connectivity index (χ1) is 8.84. The molecule has 1 N–H and O–H groups in total. The highest BCUT2D eigenvalue weighted by Gasteiger charge is 2.05. The number of halogens is 1. The topological polar surface area (TPSA) is 38.1 Å². The zero-order chi connectivity index (χ0) is 12.4. The molecule has 0 radical (unpaired) electrons. The summed E-state index contributed by atoms with van der Waals surface area (Å²) < 4.78 is 5.33. The molecule has 0 saturated carbocycles. The lowest BCUT2D eigenvalue weighted by molar-refractivity contribution is 0.615. The number of aromatic nitrogens is 1. The number of nitrogens with zero attached hydrogens (tertiary/aromatic N) is 1. The number of nitrogens with one attached hydrogen (secondary N) is 1. The summed E-state index contributed by atoms with van der Waals surface area (Å²) in [6, 6.07) is 11.5. The van der Waals surface area contributed by atoms with E-state index < -0.39 is 0 Å². The minimum atomic E-state index is 0.636. The van der Waals surface area contributed by atoms with Gasteiger partial charge in [-0.15, -0.1) is 0 Å². The molecule has 0 aliphatic heterocycles. The lowest BCUT2D eigenvalue weighted by Crippen LogP contribution is -2.01. The predicted molar refractivity (Wildman–Crippen MR) is 72.8 cm³/mol. The molecule has 1 aromatic carbocycles. The van der Waals surface area contributed by atoms with E-state index >= 15 is 0 Å². The van der Waals surface area contributed by atoms with Gasteiger partial charge in [0.05, 0.1) is 11.6 Å². The molecule has 0 fully saturated rings. The molecular formula is C14H11ClN2O. The molecule has 0 saturated heterocycles. The smallest absolute Gasteiger partial charge is 0.139 e. The van der Waals surface area contributed by atoms with E-state index in [4.69, 9.17) is 16.0 Å². The third-order valence-electron chi connectivity index (χ3n) is 2.78. The summed E-state index contributed by atoms with van der Waals surface area (Å²) in [4.78, 5) is 4.31. The van der Waals surface area contributed by atoms with E-state index in [0.717, 1.165) is 27.4 Å². The monoisotopic (exact) mass is 258 g/mol. The molecule has 18 heavy (non-hydrogen) atoms. The molecule has 0 spiro atoms. The quantitative estimate of drug-likeness (QED) is 0.769. The van der Waals surface area contributed by atoms with Crippen molar-refractivity contribution in [2.24, 2.45) is 0 Å². The summed E-state index contributed by atoms with van der Waals surface area (Å²) in [7, 11) is 0. The molecule has 3 aromatic rings. The van der Waals surface area contributed by atoms with Crippen molar-refractivity contribution in [1.29, 1.82) is 0 Å². The van der Waals surface area contributed by atoms with Crippen molar-refractivity contribution in [3.05, 3.63) is 59.4 Å². The standard InChI is InChI=1S/C14H11ClN2O/c15-12-4-2-1-3-10(12)9-17-14-11-6-8-18-13(11)5-7-16-14/h1-8H,9H2,(H,16,17). The Labute approximate surface area is 109 Å². The Morgan fingerprint density at radius 3 is 2.94 bits per heavy atom. The zero-order valence-corrected chi connectivity index (χ0v) is 10.3. The summed E-state index contributed by atoms with van der Waals surface area (Å²) >= 11 is 6.11. The van der Waals surface area contributed by atoms with Crippen LogP contribution in [-0.4, -0.2) is 4.98 Å². The van der Waals surface area contributed by atoms with Crippen molar-refractivity contribution >= 4 is 28.4 Å². The molecule has 4 heteroatoms. The van der Waals surface area contributed by atoms with Crippen molar-refractivity contribution in [2.45, 2.75) is 6.54 Å². The van der Waals surface area contributed by atoms with E-state index in [0.29, 0.717) is 6.54 Å². The Bertz CT molecular complexity index is 678. The number of hydrogen-bond donors (Lipinski definition) is 1. The second-order valence-corrected chi connectivity index (χ2v) is 4.34. The average Bonchev–Trinajstić information content (AvgIpc) is 2.86. The Morgan fingerprint density at radius 2 is 2.06 bits per heavy atom. The predicted octanol–water partition coefficient (Wildman–Crippen LogP) is 4.09. The number of rotatable bonds is 3. The number of anilines is 1. The molecule has 0 aliphatic rings. The Balaban J connectivity index is 1.85. The second kappa shape index (κ2) is 4.70. The van der Waals surface area contributed by atoms with Crippen LogP contribution in [0.15, 0.2) is 53.3 Å². The highest BCUT2D eigenvalue weighted by atomic mass is 35.5. The lowest BCUT2D eigenvalue weighted by Gasteiger charge is -2.07. The van der Waals surface area contributed by atoms with Gasteiger partial charge in [-0.2, -0.15) is 0 Å². The van der Waals surface area contributed by atoms with Crippen LogP contribution in [-0.2, 0) is 6.54 Å². The van der Waals surface area contributed by atoms with Crippen LogP contribution in [0, 0.1) is 0 Å². The SMILES string of the molecule is Clc1ccccc1CNc1nccc2occc12. The van der Waals surface area contributed by atoms with E-state index in [2.05, 4.69) is 10.3 Å². The largest absolute Gasteiger partial charge is 0.464 e. The number of fused-ring (bicyclic) bond motifs is 1. The van der Waals surface area contributed by atoms with Gasteiger partial charge in [0.1, 0.15) is 11.4 Å². The summed E-state index contributed by atoms with van der Waals surface area (Å²) in [5, 5.41) is 5.01. The Morgan fingerprint density at radius 1 is 1.17 bits per heavy atom. The fourth-order valence-corrected chi connectivity index (χ4v) is 2.06. The first-order valence-electron chi connectivity index (χ1n) is 5.64. The highest BCUT2D eigenvalue weighted by Crippen LogP contribution is 2.23. The van der Waals surface area contributed by atoms with Crippen LogP contribution in [0.5, 0.6) is 0 Å². The summed E-state index contributed by atoms with van der Waals surface area (Å²) in [5.41, 5.74) is 1.87. The van der Waals surface area contributed by atoms with E-state index in [1.54, 1.807) is 12.5 Å². The maximum absolute atomic E-state index is 6.11. The van der Waals surface area contributed by atoms with Gasteiger partial charge in [-0.05, 0) is 23.8 Å². The van der Waals surface area contributed by atoms with Gasteiger partial charge in [0.25, 0.3) is 0 Å². The van der Waals surface area contributed by atoms with Gasteiger partial charge in [-0.1, -0.05) is 29.8 Å². The van der Waals surface area contributed by atoms with Crippen molar-refractivity contribution in [1.82, 2.24) is 4.98 Å². The maximum Gasteiger partial charge on any atom is 0.139 e. The molecule has 0 atom stereocenters. The van der Waals surface area contributed by atoms with Crippen LogP contribution in [0.4, 0.5) is 5.82 Å². The minimum absolute atomic E-state index is 0.636. The number of furan rings is 1. The maximum atomic E-state index is 6.11. The van der Waals surface area contributed by atoms with Crippen LogP contribution in [0.3, 0.4) is 0 Å². The molecule has 0 aliphatic carbocycles. The molecule has 0 unspecified atom stereocenters. The van der Waals surface area contributed by atoms with Gasteiger partial charge < -0.3 is 9.73 Å². The molecule has 3 rings (SSSR count). The summed E-state index contributed by atoms with van der Waals surface area (Å²) in [6.45, 7) is 0.636. The van der Waals surface area contributed by atoms with Crippen LogP contribution < -0.4 is 5.32 Å². The van der Waals surface area contributed by atoms with E-state index in [1.807, 2.05) is 36.4 Å². The van der Waals surface area contributed by atoms with E-state index in [9.17, 15) is 0 Å². The summed E-state index contributed by atoms with van der Waals surface area (Å²) in [5.74, 6) is 0.807. The van der Waals surface area contributed by atoms with Gasteiger partial charge >= 0.3 is 0 Å². The average molecular weight is 259 g/mol. The minimum Gasteiger partial charge on any atom is -0.464 e. The molecule has 2 heterocycles. The van der Waals surface area contributed by atoms with Crippen molar-refractivity contribution in [3.8, 4) is 0 Å². The Hall–Kier alpha value is -2.00. The Kier molecular flexibility index (Phi) is 2.90. The van der Waals surface area contributed by atoms with Gasteiger partial charge in [-0.25, -0.2) is 4.98 Å². The number of pyridine rings is 1. The highest BCUT2D eigenvalue weighted by molar-refractivity contribution is 6.31. The number of benzene rings is 1. The molecular weight excluding hydrogens is 248 g/mol. The van der Waals surface area contributed by atoms with E-state index in [-0.39, 0.29) is 0 Å². The van der Waals surface area contributed by atoms with Crippen molar-refractivity contribution in [3.63, 3.8) is 0 Å². The number of hydrogen-bond acceptors (Lipinski definition) is 3. The van der Waals surface area contributed by atoms with Crippen molar-refractivity contribution < 1.29 is 4.42 Å². The van der Waals surface area contributed by atoms with Gasteiger partial charge in [0, 0.05) is 17.8 Å². The fourth-order valence-electron chi connectivity index (χ4n) is 1.86. The first kappa shape index (κ1) is 11.1. The van der Waals surface area contributed by atoms with E-state index in [1.165, 1.54) is 0 Å². The molecule has 0 bridgehead atoms. The van der Waals surface area contributed by atoms with Gasteiger partial charge in [-0.3, -0.25) is 0 Å². The van der Waals surface area contributed by atoms with Gasteiger partial charge in [0.15, 0.2) is 0 Å². The first-order valence-corrected chi connectivity index (χ1v) is 6.02. The second-order valence-electron chi connectivity index (χ2n) is 3.94. The third kappa shape index (κ3) is 2.05.